The summed E-state index contributed by atoms with van der Waals surface area (Å²) in [7, 11) is 2.02. The maximum Gasteiger partial charge on any atom is 0.348 e. The van der Waals surface area contributed by atoms with Crippen LogP contribution in [0.5, 0.6) is 0 Å². The van der Waals surface area contributed by atoms with E-state index < -0.39 is 11.2 Å². The Hall–Kier alpha value is -1.76. The van der Waals surface area contributed by atoms with Crippen LogP contribution in [0.1, 0.15) is 0 Å². The lowest BCUT2D eigenvalue weighted by molar-refractivity contribution is 0.285. The smallest absolute Gasteiger partial charge is 0.348 e. The second-order valence-corrected chi connectivity index (χ2v) is 3.93. The van der Waals surface area contributed by atoms with Gasteiger partial charge >= 0.3 is 5.69 Å². The van der Waals surface area contributed by atoms with E-state index in [1.54, 1.807) is 0 Å². The van der Waals surface area contributed by atoms with E-state index in [0.29, 0.717) is 13.1 Å². The maximum absolute atomic E-state index is 11.6. The number of nitrogens with two attached hydrogens (primary N) is 1. The molecule has 16 heavy (non-hydrogen) atoms. The van der Waals surface area contributed by atoms with Crippen molar-refractivity contribution in [1.29, 1.82) is 0 Å². The quantitative estimate of drug-likeness (QED) is 0.577. The molecule has 0 amide bonds. The molecule has 2 rings (SSSR count). The molecule has 7 heteroatoms. The summed E-state index contributed by atoms with van der Waals surface area (Å²) in [5, 5.41) is 1.84. The van der Waals surface area contributed by atoms with Crippen molar-refractivity contribution in [3.05, 3.63) is 26.9 Å². The number of anilines is 1. The first-order chi connectivity index (χ1) is 7.58. The van der Waals surface area contributed by atoms with Gasteiger partial charge in [0, 0.05) is 32.2 Å². The molecule has 3 N–H and O–H groups in total. The van der Waals surface area contributed by atoms with Gasteiger partial charge in [-0.05, 0) is 7.05 Å². The molecule has 1 fully saturated rings. The van der Waals surface area contributed by atoms with Crippen molar-refractivity contribution in [3.63, 3.8) is 0 Å². The fraction of sp³-hybridized carbons (Fsp3) is 0.556. The zero-order valence-electron chi connectivity index (χ0n) is 9.14. The Morgan fingerprint density at radius 1 is 1.25 bits per heavy atom. The van der Waals surface area contributed by atoms with Crippen LogP contribution in [0, 0.1) is 0 Å². The molecular formula is C9H15N5O2. The van der Waals surface area contributed by atoms with Crippen LogP contribution in [0.15, 0.2) is 15.7 Å². The molecule has 0 saturated carbocycles. The van der Waals surface area contributed by atoms with E-state index in [4.69, 9.17) is 5.73 Å². The summed E-state index contributed by atoms with van der Waals surface area (Å²) in [4.78, 5) is 27.0. The van der Waals surface area contributed by atoms with Crippen LogP contribution >= 0.6 is 0 Å². The number of piperazine rings is 1. The monoisotopic (exact) mass is 225 g/mol. The summed E-state index contributed by atoms with van der Waals surface area (Å²) < 4.78 is 1.33. The molecule has 1 aromatic heterocycles. The van der Waals surface area contributed by atoms with E-state index >= 15 is 0 Å². The van der Waals surface area contributed by atoms with Gasteiger partial charge in [-0.1, -0.05) is 0 Å². The fourth-order valence-corrected chi connectivity index (χ4v) is 1.79. The first-order valence-electron chi connectivity index (χ1n) is 5.13. The zero-order valence-corrected chi connectivity index (χ0v) is 9.14. The van der Waals surface area contributed by atoms with Crippen molar-refractivity contribution in [3.8, 4) is 0 Å². The number of H-pyrrole nitrogens is 1. The van der Waals surface area contributed by atoms with Gasteiger partial charge in [0.15, 0.2) is 0 Å². The fourth-order valence-electron chi connectivity index (χ4n) is 1.79. The van der Waals surface area contributed by atoms with Crippen molar-refractivity contribution in [2.24, 2.45) is 0 Å². The number of likely N-dealkylation sites (N-methyl/N-ethyl adjacent to an activating group) is 1. The second-order valence-electron chi connectivity index (χ2n) is 3.93. The minimum Gasteiger partial charge on any atom is -0.383 e. The standard InChI is InChI=1S/C9H15N5O2/c1-12-2-4-13(5-3-12)14-7(10)6-8(15)11-9(14)16/h6H,2-5,10H2,1H3,(H,11,15,16). The van der Waals surface area contributed by atoms with Gasteiger partial charge in [-0.3, -0.25) is 9.78 Å². The predicted octanol–water partition coefficient (Wildman–Crippen LogP) is -2.00. The highest BCUT2D eigenvalue weighted by molar-refractivity contribution is 5.28. The van der Waals surface area contributed by atoms with E-state index in [2.05, 4.69) is 9.88 Å². The summed E-state index contributed by atoms with van der Waals surface area (Å²) in [5.41, 5.74) is 4.73. The van der Waals surface area contributed by atoms with Crippen LogP contribution in [0.25, 0.3) is 0 Å². The molecule has 0 bridgehead atoms. The van der Waals surface area contributed by atoms with Crippen LogP contribution in [0.2, 0.25) is 0 Å². The second kappa shape index (κ2) is 4.01. The lowest BCUT2D eigenvalue weighted by Gasteiger charge is -2.34. The van der Waals surface area contributed by atoms with Gasteiger partial charge in [-0.15, -0.1) is 0 Å². The molecule has 88 valence electrons. The van der Waals surface area contributed by atoms with Gasteiger partial charge in [0.25, 0.3) is 5.56 Å². The van der Waals surface area contributed by atoms with Crippen LogP contribution in [0.3, 0.4) is 0 Å². The Morgan fingerprint density at radius 2 is 1.88 bits per heavy atom. The molecule has 1 aromatic rings. The van der Waals surface area contributed by atoms with Crippen molar-refractivity contribution in [1.82, 2.24) is 14.6 Å². The zero-order chi connectivity index (χ0) is 11.7. The van der Waals surface area contributed by atoms with Crippen molar-refractivity contribution in [2.45, 2.75) is 0 Å². The van der Waals surface area contributed by atoms with Gasteiger partial charge in [-0.25, -0.2) is 4.79 Å². The van der Waals surface area contributed by atoms with Crippen molar-refractivity contribution >= 4 is 5.82 Å². The van der Waals surface area contributed by atoms with Gasteiger partial charge in [0.05, 0.1) is 0 Å². The van der Waals surface area contributed by atoms with Crippen LogP contribution in [-0.2, 0) is 0 Å². The number of hydrogen-bond acceptors (Lipinski definition) is 5. The molecule has 0 spiro atoms. The van der Waals surface area contributed by atoms with E-state index in [9.17, 15) is 9.59 Å². The molecule has 2 heterocycles. The minimum atomic E-state index is -0.477. The number of aromatic amines is 1. The van der Waals surface area contributed by atoms with Crippen LogP contribution in [0.4, 0.5) is 5.82 Å². The number of nitrogens with one attached hydrogen (secondary N) is 1. The van der Waals surface area contributed by atoms with Crippen LogP contribution < -0.4 is 22.0 Å². The first kappa shape index (κ1) is 10.7. The SMILES string of the molecule is CN1CCN(n2c(N)cc(=O)[nH]c2=O)CC1. The highest BCUT2D eigenvalue weighted by Gasteiger charge is 2.17. The number of rotatable bonds is 1. The van der Waals surface area contributed by atoms with Crippen LogP contribution in [-0.4, -0.2) is 47.8 Å². The minimum absolute atomic E-state index is 0.179. The Balaban J connectivity index is 2.34. The Labute approximate surface area is 92.1 Å². The molecule has 0 atom stereocenters. The molecule has 0 aromatic carbocycles. The van der Waals surface area contributed by atoms with E-state index in [0.717, 1.165) is 13.1 Å². The molecule has 0 radical (unpaired) electrons. The molecular weight excluding hydrogens is 210 g/mol. The Bertz CT molecular complexity index is 483. The summed E-state index contributed by atoms with van der Waals surface area (Å²) in [5.74, 6) is 0.179. The molecule has 0 unspecified atom stereocenters. The van der Waals surface area contributed by atoms with E-state index in [1.165, 1.54) is 10.7 Å². The van der Waals surface area contributed by atoms with Gasteiger partial charge in [-0.2, -0.15) is 4.68 Å². The summed E-state index contributed by atoms with van der Waals surface area (Å²) >= 11 is 0. The first-order valence-corrected chi connectivity index (χ1v) is 5.13. The third kappa shape index (κ3) is 1.94. The maximum atomic E-state index is 11.6. The summed E-state index contributed by atoms with van der Waals surface area (Å²) in [6.45, 7) is 3.16. The molecule has 1 aliphatic heterocycles. The van der Waals surface area contributed by atoms with Crippen molar-refractivity contribution in [2.75, 3.05) is 44.0 Å². The lowest BCUT2D eigenvalue weighted by Crippen LogP contribution is -2.54. The Morgan fingerprint density at radius 3 is 2.44 bits per heavy atom. The van der Waals surface area contributed by atoms with Gasteiger partial charge in [0.1, 0.15) is 5.82 Å². The molecule has 0 aliphatic carbocycles. The average Bonchev–Trinajstić information content (AvgIpc) is 2.19. The van der Waals surface area contributed by atoms with Gasteiger partial charge in [0.2, 0.25) is 0 Å². The molecule has 1 aliphatic rings. The molecule has 7 nitrogen and oxygen atoms in total. The number of hydrogen-bond donors (Lipinski definition) is 2. The third-order valence-corrected chi connectivity index (χ3v) is 2.71. The summed E-state index contributed by atoms with van der Waals surface area (Å²) in [6, 6.07) is 1.22. The average molecular weight is 225 g/mol. The number of nitrogens with zero attached hydrogens (tertiary/aromatic N) is 3. The normalized spacial score (nSPS) is 17.7. The predicted molar refractivity (Wildman–Crippen MR) is 61.2 cm³/mol. The van der Waals surface area contributed by atoms with E-state index in [-0.39, 0.29) is 5.82 Å². The summed E-state index contributed by atoms with van der Waals surface area (Å²) in [6.07, 6.45) is 0. The lowest BCUT2D eigenvalue weighted by atomic mass is 10.4. The highest BCUT2D eigenvalue weighted by Crippen LogP contribution is 2.00. The third-order valence-electron chi connectivity index (χ3n) is 2.71. The topological polar surface area (TPSA) is 87.4 Å². The van der Waals surface area contributed by atoms with Gasteiger partial charge < -0.3 is 15.6 Å². The highest BCUT2D eigenvalue weighted by atomic mass is 16.2. The number of aromatic nitrogens is 2. The number of nitrogen functional groups attached to an aromatic ring is 1. The van der Waals surface area contributed by atoms with Crippen molar-refractivity contribution < 1.29 is 0 Å². The molecule has 1 saturated heterocycles. The Kier molecular flexibility index (Phi) is 2.69. The van der Waals surface area contributed by atoms with E-state index in [1.807, 2.05) is 12.1 Å². The largest absolute Gasteiger partial charge is 0.383 e.